The molecule has 0 rings (SSSR count). The number of hydrogen-bond acceptors (Lipinski definition) is 2. The number of amides is 1. The zero-order valence-corrected chi connectivity index (χ0v) is 31.8. The van der Waals surface area contributed by atoms with Gasteiger partial charge >= 0.3 is 0 Å². The van der Waals surface area contributed by atoms with Crippen molar-refractivity contribution in [3.63, 3.8) is 0 Å². The Kier molecular flexibility index (Phi) is 37.0. The van der Waals surface area contributed by atoms with Crippen LogP contribution in [-0.2, 0) is 4.79 Å². The first-order valence-electron chi connectivity index (χ1n) is 20.5. The topological polar surface area (TPSA) is 32.3 Å². The quantitative estimate of drug-likeness (QED) is 0.0545. The number of allylic oxidation sites excluding steroid dienone is 6. The second-order valence-corrected chi connectivity index (χ2v) is 14.3. The fourth-order valence-corrected chi connectivity index (χ4v) is 6.12. The summed E-state index contributed by atoms with van der Waals surface area (Å²) in [5.41, 5.74) is 0. The van der Waals surface area contributed by atoms with Gasteiger partial charge in [0.25, 0.3) is 0 Å². The maximum atomic E-state index is 12.3. The van der Waals surface area contributed by atoms with Crippen molar-refractivity contribution in [1.29, 1.82) is 0 Å². The molecular formula is C43H82N2O. The molecule has 0 radical (unpaired) electrons. The smallest absolute Gasteiger partial charge is 0.221 e. The molecule has 0 aliphatic carbocycles. The van der Waals surface area contributed by atoms with E-state index in [4.69, 9.17) is 0 Å². The van der Waals surface area contributed by atoms with Gasteiger partial charge in [0.05, 0.1) is 0 Å². The Morgan fingerprint density at radius 2 is 0.891 bits per heavy atom. The minimum Gasteiger partial charge on any atom is -0.356 e. The van der Waals surface area contributed by atoms with Crippen molar-refractivity contribution in [2.45, 2.75) is 200 Å². The lowest BCUT2D eigenvalue weighted by molar-refractivity contribution is -0.121. The molecule has 0 aliphatic heterocycles. The van der Waals surface area contributed by atoms with E-state index in [-0.39, 0.29) is 5.91 Å². The van der Waals surface area contributed by atoms with Crippen molar-refractivity contribution in [3.05, 3.63) is 36.5 Å². The highest BCUT2D eigenvalue weighted by molar-refractivity contribution is 5.76. The van der Waals surface area contributed by atoms with Gasteiger partial charge in [0.2, 0.25) is 5.91 Å². The molecule has 1 N–H and O–H groups in total. The molecule has 0 heterocycles. The van der Waals surface area contributed by atoms with Crippen LogP contribution in [0.5, 0.6) is 0 Å². The third kappa shape index (κ3) is 37.1. The SMILES string of the molecule is CCCCCC=CCC=CCCCCCCCCC(CCCCCCCCC=CCCCCCCCC)CNC(=O)CCN(C)C. The van der Waals surface area contributed by atoms with Crippen molar-refractivity contribution in [2.75, 3.05) is 27.2 Å². The van der Waals surface area contributed by atoms with Gasteiger partial charge in [0.1, 0.15) is 0 Å². The lowest BCUT2D eigenvalue weighted by Gasteiger charge is -2.18. The molecule has 3 nitrogen and oxygen atoms in total. The Morgan fingerprint density at radius 3 is 1.35 bits per heavy atom. The van der Waals surface area contributed by atoms with Crippen molar-refractivity contribution < 1.29 is 4.79 Å². The summed E-state index contributed by atoms with van der Waals surface area (Å²) < 4.78 is 0. The number of nitrogens with one attached hydrogen (secondary N) is 1. The number of carbonyl (C=O) groups excluding carboxylic acids is 1. The fourth-order valence-electron chi connectivity index (χ4n) is 6.12. The Hall–Kier alpha value is -1.35. The van der Waals surface area contributed by atoms with E-state index in [1.165, 1.54) is 173 Å². The van der Waals surface area contributed by atoms with Crippen LogP contribution < -0.4 is 5.32 Å². The molecule has 1 amide bonds. The largest absolute Gasteiger partial charge is 0.356 e. The van der Waals surface area contributed by atoms with Crippen LogP contribution in [0.3, 0.4) is 0 Å². The molecule has 0 fully saturated rings. The molecule has 0 spiro atoms. The highest BCUT2D eigenvalue weighted by atomic mass is 16.1. The summed E-state index contributed by atoms with van der Waals surface area (Å²) in [6.07, 6.45) is 52.1. The van der Waals surface area contributed by atoms with Crippen LogP contribution in [0.15, 0.2) is 36.5 Å². The van der Waals surface area contributed by atoms with Crippen LogP contribution in [0.1, 0.15) is 200 Å². The highest BCUT2D eigenvalue weighted by Gasteiger charge is 2.11. The standard InChI is InChI=1S/C43H82N2O/c1-5-7-9-11-13-15-17-19-21-23-25-27-29-31-33-35-37-42(41-44-43(46)39-40-45(3)4)38-36-34-32-30-28-26-24-22-20-18-16-14-12-10-8-6-2/h13,15,19-22,42H,5-12,14,16-18,23-41H2,1-4H3,(H,44,46). The minimum absolute atomic E-state index is 0.219. The summed E-state index contributed by atoms with van der Waals surface area (Å²) in [4.78, 5) is 14.4. The first-order valence-corrected chi connectivity index (χ1v) is 20.5. The number of carbonyl (C=O) groups is 1. The zero-order valence-electron chi connectivity index (χ0n) is 31.8. The Labute approximate surface area is 289 Å². The molecule has 0 bridgehead atoms. The summed E-state index contributed by atoms with van der Waals surface area (Å²) in [5, 5.41) is 3.26. The highest BCUT2D eigenvalue weighted by Crippen LogP contribution is 2.19. The lowest BCUT2D eigenvalue weighted by Crippen LogP contribution is -2.31. The average molecular weight is 643 g/mol. The van der Waals surface area contributed by atoms with E-state index in [0.717, 1.165) is 19.5 Å². The van der Waals surface area contributed by atoms with Gasteiger partial charge in [-0.15, -0.1) is 0 Å². The third-order valence-electron chi connectivity index (χ3n) is 9.31. The number of nitrogens with zero attached hydrogens (tertiary/aromatic N) is 1. The molecule has 3 heteroatoms. The van der Waals surface area contributed by atoms with Crippen LogP contribution >= 0.6 is 0 Å². The monoisotopic (exact) mass is 643 g/mol. The molecule has 0 aromatic rings. The molecule has 0 saturated heterocycles. The Balaban J connectivity index is 3.97. The van der Waals surface area contributed by atoms with E-state index >= 15 is 0 Å². The van der Waals surface area contributed by atoms with Gasteiger partial charge in [-0.05, 0) is 90.6 Å². The van der Waals surface area contributed by atoms with Crippen molar-refractivity contribution in [1.82, 2.24) is 10.2 Å². The van der Waals surface area contributed by atoms with E-state index in [1.54, 1.807) is 0 Å². The molecule has 270 valence electrons. The van der Waals surface area contributed by atoms with Crippen molar-refractivity contribution >= 4 is 5.91 Å². The van der Waals surface area contributed by atoms with Crippen LogP contribution in [-0.4, -0.2) is 38.0 Å². The molecule has 1 unspecified atom stereocenters. The Morgan fingerprint density at radius 1 is 0.522 bits per heavy atom. The molecule has 0 saturated carbocycles. The summed E-state index contributed by atoms with van der Waals surface area (Å²) in [6, 6.07) is 0. The Bertz CT molecular complexity index is 695. The maximum Gasteiger partial charge on any atom is 0.221 e. The van der Waals surface area contributed by atoms with Crippen LogP contribution in [0.2, 0.25) is 0 Å². The second kappa shape index (κ2) is 38.1. The van der Waals surface area contributed by atoms with E-state index in [9.17, 15) is 4.79 Å². The van der Waals surface area contributed by atoms with Crippen LogP contribution in [0.4, 0.5) is 0 Å². The molecule has 0 aliphatic rings. The summed E-state index contributed by atoms with van der Waals surface area (Å²) in [6.45, 7) is 6.26. The third-order valence-corrected chi connectivity index (χ3v) is 9.31. The number of rotatable bonds is 36. The van der Waals surface area contributed by atoms with E-state index < -0.39 is 0 Å². The predicted molar refractivity (Wildman–Crippen MR) is 208 cm³/mol. The van der Waals surface area contributed by atoms with Gasteiger partial charge in [-0.3, -0.25) is 4.79 Å². The van der Waals surface area contributed by atoms with Gasteiger partial charge in [-0.2, -0.15) is 0 Å². The van der Waals surface area contributed by atoms with Crippen LogP contribution in [0.25, 0.3) is 0 Å². The lowest BCUT2D eigenvalue weighted by atomic mass is 9.94. The first kappa shape index (κ1) is 44.6. The van der Waals surface area contributed by atoms with Crippen molar-refractivity contribution in [3.8, 4) is 0 Å². The predicted octanol–water partition coefficient (Wildman–Crippen LogP) is 13.3. The fraction of sp³-hybridized carbons (Fsp3) is 0.837. The summed E-state index contributed by atoms with van der Waals surface area (Å²) >= 11 is 0. The van der Waals surface area contributed by atoms with Crippen LogP contribution in [0, 0.1) is 5.92 Å². The molecule has 46 heavy (non-hydrogen) atoms. The maximum absolute atomic E-state index is 12.3. The van der Waals surface area contributed by atoms with Gasteiger partial charge in [0, 0.05) is 19.5 Å². The molecule has 0 aromatic carbocycles. The first-order chi connectivity index (χ1) is 22.6. The van der Waals surface area contributed by atoms with Crippen molar-refractivity contribution in [2.24, 2.45) is 5.92 Å². The summed E-state index contributed by atoms with van der Waals surface area (Å²) in [5.74, 6) is 0.864. The van der Waals surface area contributed by atoms with Gasteiger partial charge in [-0.25, -0.2) is 0 Å². The second-order valence-electron chi connectivity index (χ2n) is 14.3. The van der Waals surface area contributed by atoms with E-state index in [2.05, 4.69) is 60.5 Å². The normalized spacial score (nSPS) is 12.8. The average Bonchev–Trinajstić information content (AvgIpc) is 3.05. The zero-order chi connectivity index (χ0) is 33.6. The van der Waals surface area contributed by atoms with Gasteiger partial charge in [-0.1, -0.05) is 159 Å². The molecule has 1 atom stereocenters. The van der Waals surface area contributed by atoms with E-state index in [0.29, 0.717) is 12.3 Å². The van der Waals surface area contributed by atoms with Gasteiger partial charge < -0.3 is 10.2 Å². The number of unbranched alkanes of at least 4 members (excludes halogenated alkanes) is 21. The summed E-state index contributed by atoms with van der Waals surface area (Å²) in [7, 11) is 4.07. The number of hydrogen-bond donors (Lipinski definition) is 1. The molecular weight excluding hydrogens is 560 g/mol. The minimum atomic E-state index is 0.219. The van der Waals surface area contributed by atoms with Gasteiger partial charge in [0.15, 0.2) is 0 Å². The van der Waals surface area contributed by atoms with E-state index in [1.807, 2.05) is 14.1 Å². The molecule has 0 aromatic heterocycles.